The Labute approximate surface area is 109 Å². The zero-order valence-electron chi connectivity index (χ0n) is 11.4. The summed E-state index contributed by atoms with van der Waals surface area (Å²) in [5.41, 5.74) is 1.25. The Morgan fingerprint density at radius 3 is 2.41 bits per heavy atom. The van der Waals surface area contributed by atoms with Gasteiger partial charge in [0.1, 0.15) is 0 Å². The molecule has 1 aromatic rings. The quantitative estimate of drug-likeness (QED) is 0.876. The number of aromatic nitrogens is 1. The van der Waals surface area contributed by atoms with Crippen molar-refractivity contribution in [1.82, 2.24) is 10.3 Å². The van der Waals surface area contributed by atoms with E-state index in [1.54, 1.807) is 11.3 Å². The second kappa shape index (κ2) is 5.49. The Hall–Kier alpha value is -0.410. The highest BCUT2D eigenvalue weighted by molar-refractivity contribution is 7.11. The SMILES string of the molecule is Cc1nc(C(C)NC(C)C2CCCC2)c(C)s1. The molecule has 0 saturated heterocycles. The largest absolute Gasteiger partial charge is 0.306 e. The molecule has 1 aliphatic carbocycles. The first-order valence-corrected chi connectivity index (χ1v) is 7.59. The zero-order chi connectivity index (χ0) is 12.4. The predicted molar refractivity (Wildman–Crippen MR) is 74.6 cm³/mol. The van der Waals surface area contributed by atoms with Crippen molar-refractivity contribution in [3.8, 4) is 0 Å². The Morgan fingerprint density at radius 2 is 1.88 bits per heavy atom. The highest BCUT2D eigenvalue weighted by Gasteiger charge is 2.23. The van der Waals surface area contributed by atoms with E-state index in [2.05, 4.69) is 38.0 Å². The summed E-state index contributed by atoms with van der Waals surface area (Å²) in [5, 5.41) is 4.92. The first-order chi connectivity index (χ1) is 8.08. The normalized spacial score (nSPS) is 20.7. The molecular formula is C14H24N2S. The molecule has 2 rings (SSSR count). The van der Waals surface area contributed by atoms with Crippen LogP contribution >= 0.6 is 11.3 Å². The van der Waals surface area contributed by atoms with Crippen molar-refractivity contribution in [1.29, 1.82) is 0 Å². The van der Waals surface area contributed by atoms with Gasteiger partial charge in [0.25, 0.3) is 0 Å². The van der Waals surface area contributed by atoms with Crippen LogP contribution in [0.15, 0.2) is 0 Å². The van der Waals surface area contributed by atoms with Crippen LogP contribution in [0.5, 0.6) is 0 Å². The van der Waals surface area contributed by atoms with Gasteiger partial charge in [-0.05, 0) is 46.5 Å². The smallest absolute Gasteiger partial charge is 0.0900 e. The topological polar surface area (TPSA) is 24.9 Å². The Morgan fingerprint density at radius 1 is 1.24 bits per heavy atom. The van der Waals surface area contributed by atoms with Gasteiger partial charge in [0, 0.05) is 17.0 Å². The summed E-state index contributed by atoms with van der Waals surface area (Å²) in [6, 6.07) is 1.00. The third-order valence-corrected chi connectivity index (χ3v) is 4.87. The lowest BCUT2D eigenvalue weighted by molar-refractivity contribution is 0.350. The number of rotatable bonds is 4. The zero-order valence-corrected chi connectivity index (χ0v) is 12.2. The Bertz CT molecular complexity index is 366. The molecule has 1 aromatic heterocycles. The first kappa shape index (κ1) is 13.0. The van der Waals surface area contributed by atoms with Crippen molar-refractivity contribution in [2.24, 2.45) is 5.92 Å². The minimum absolute atomic E-state index is 0.385. The van der Waals surface area contributed by atoms with Crippen LogP contribution in [0.25, 0.3) is 0 Å². The van der Waals surface area contributed by atoms with Crippen LogP contribution in [-0.4, -0.2) is 11.0 Å². The molecule has 1 saturated carbocycles. The number of nitrogens with zero attached hydrogens (tertiary/aromatic N) is 1. The van der Waals surface area contributed by atoms with Crippen LogP contribution in [0.2, 0.25) is 0 Å². The lowest BCUT2D eigenvalue weighted by atomic mass is 9.98. The molecular weight excluding hydrogens is 228 g/mol. The summed E-state index contributed by atoms with van der Waals surface area (Å²) in [6.45, 7) is 8.85. The van der Waals surface area contributed by atoms with Gasteiger partial charge < -0.3 is 5.32 Å². The maximum Gasteiger partial charge on any atom is 0.0900 e. The van der Waals surface area contributed by atoms with Crippen LogP contribution in [0.1, 0.15) is 61.2 Å². The minimum Gasteiger partial charge on any atom is -0.306 e. The van der Waals surface area contributed by atoms with Crippen molar-refractivity contribution in [2.45, 2.75) is 65.5 Å². The van der Waals surface area contributed by atoms with E-state index in [1.807, 2.05) is 0 Å². The molecule has 17 heavy (non-hydrogen) atoms. The van der Waals surface area contributed by atoms with E-state index in [4.69, 9.17) is 0 Å². The average molecular weight is 252 g/mol. The standard InChI is InChI=1S/C14H24N2S/c1-9(13-7-5-6-8-13)15-10(2)14-11(3)17-12(4)16-14/h9-10,13,15H,5-8H2,1-4H3. The van der Waals surface area contributed by atoms with E-state index in [-0.39, 0.29) is 0 Å². The van der Waals surface area contributed by atoms with E-state index in [9.17, 15) is 0 Å². The molecule has 1 aliphatic rings. The van der Waals surface area contributed by atoms with Gasteiger partial charge in [0.15, 0.2) is 0 Å². The maximum atomic E-state index is 4.65. The molecule has 2 unspecified atom stereocenters. The van der Waals surface area contributed by atoms with Gasteiger partial charge in [0.05, 0.1) is 10.7 Å². The summed E-state index contributed by atoms with van der Waals surface area (Å²) in [5.74, 6) is 0.873. The van der Waals surface area contributed by atoms with Gasteiger partial charge in [-0.3, -0.25) is 0 Å². The second-order valence-corrected chi connectivity index (χ2v) is 6.80. The molecule has 0 spiro atoms. The van der Waals surface area contributed by atoms with Gasteiger partial charge >= 0.3 is 0 Å². The van der Waals surface area contributed by atoms with Crippen molar-refractivity contribution in [3.05, 3.63) is 15.6 Å². The van der Waals surface area contributed by atoms with Crippen molar-refractivity contribution in [3.63, 3.8) is 0 Å². The fourth-order valence-corrected chi connectivity index (χ4v) is 3.93. The van der Waals surface area contributed by atoms with Crippen molar-refractivity contribution >= 4 is 11.3 Å². The lowest BCUT2D eigenvalue weighted by Gasteiger charge is -2.24. The van der Waals surface area contributed by atoms with E-state index in [1.165, 1.54) is 41.3 Å². The van der Waals surface area contributed by atoms with Gasteiger partial charge in [-0.1, -0.05) is 12.8 Å². The third-order valence-electron chi connectivity index (χ3n) is 3.97. The van der Waals surface area contributed by atoms with Crippen molar-refractivity contribution in [2.75, 3.05) is 0 Å². The average Bonchev–Trinajstić information content (AvgIpc) is 2.87. The molecule has 0 aromatic carbocycles. The maximum absolute atomic E-state index is 4.65. The number of hydrogen-bond donors (Lipinski definition) is 1. The Balaban J connectivity index is 1.96. The summed E-state index contributed by atoms with van der Waals surface area (Å²) in [7, 11) is 0. The lowest BCUT2D eigenvalue weighted by Crippen LogP contribution is -2.34. The molecule has 3 heteroatoms. The molecule has 2 atom stereocenters. The van der Waals surface area contributed by atoms with Gasteiger partial charge in [-0.15, -0.1) is 11.3 Å². The van der Waals surface area contributed by atoms with Crippen LogP contribution in [0, 0.1) is 19.8 Å². The van der Waals surface area contributed by atoms with Crippen molar-refractivity contribution < 1.29 is 0 Å². The first-order valence-electron chi connectivity index (χ1n) is 6.78. The predicted octanol–water partition coefficient (Wildman–Crippen LogP) is 3.99. The summed E-state index contributed by atoms with van der Waals surface area (Å²) >= 11 is 1.81. The molecule has 1 N–H and O–H groups in total. The number of hydrogen-bond acceptors (Lipinski definition) is 3. The van der Waals surface area contributed by atoms with Crippen LogP contribution in [-0.2, 0) is 0 Å². The molecule has 0 bridgehead atoms. The molecule has 0 aliphatic heterocycles. The van der Waals surface area contributed by atoms with E-state index in [0.717, 1.165) is 5.92 Å². The molecule has 0 amide bonds. The Kier molecular flexibility index (Phi) is 4.21. The van der Waals surface area contributed by atoms with E-state index < -0.39 is 0 Å². The highest BCUT2D eigenvalue weighted by Crippen LogP contribution is 2.29. The number of aryl methyl sites for hydroxylation is 2. The summed E-state index contributed by atoms with van der Waals surface area (Å²) in [6.07, 6.45) is 5.63. The van der Waals surface area contributed by atoms with Crippen LogP contribution < -0.4 is 5.32 Å². The van der Waals surface area contributed by atoms with Gasteiger partial charge in [-0.25, -0.2) is 4.98 Å². The molecule has 1 heterocycles. The number of nitrogens with one attached hydrogen (secondary N) is 1. The van der Waals surface area contributed by atoms with E-state index in [0.29, 0.717) is 12.1 Å². The third kappa shape index (κ3) is 3.08. The number of thiazole rings is 1. The highest BCUT2D eigenvalue weighted by atomic mass is 32.1. The van der Waals surface area contributed by atoms with Crippen LogP contribution in [0.4, 0.5) is 0 Å². The second-order valence-electron chi connectivity index (χ2n) is 5.40. The molecule has 0 radical (unpaired) electrons. The fourth-order valence-electron chi connectivity index (χ4n) is 3.01. The summed E-state index contributed by atoms with van der Waals surface area (Å²) in [4.78, 5) is 6.01. The van der Waals surface area contributed by atoms with Gasteiger partial charge in [0.2, 0.25) is 0 Å². The van der Waals surface area contributed by atoms with E-state index >= 15 is 0 Å². The summed E-state index contributed by atoms with van der Waals surface area (Å²) < 4.78 is 0. The molecule has 96 valence electrons. The van der Waals surface area contributed by atoms with Crippen LogP contribution in [0.3, 0.4) is 0 Å². The monoisotopic (exact) mass is 252 g/mol. The molecule has 1 fully saturated rings. The fraction of sp³-hybridized carbons (Fsp3) is 0.786. The minimum atomic E-state index is 0.385. The van der Waals surface area contributed by atoms with Gasteiger partial charge in [-0.2, -0.15) is 0 Å². The molecule has 2 nitrogen and oxygen atoms in total.